The summed E-state index contributed by atoms with van der Waals surface area (Å²) in [6.07, 6.45) is 0.0913. The number of rotatable bonds is 3. The first-order valence-corrected chi connectivity index (χ1v) is 6.97. The van der Waals surface area contributed by atoms with Crippen molar-refractivity contribution in [2.45, 2.75) is 18.4 Å². The van der Waals surface area contributed by atoms with Gasteiger partial charge in [-0.1, -0.05) is 12.1 Å². The highest BCUT2D eigenvalue weighted by atomic mass is 16.5. The van der Waals surface area contributed by atoms with Crippen molar-refractivity contribution in [2.24, 2.45) is 5.73 Å². The fraction of sp³-hybridized carbons (Fsp3) is 0.308. The van der Waals surface area contributed by atoms with Crippen molar-refractivity contribution in [1.82, 2.24) is 10.2 Å². The maximum Gasteiger partial charge on any atom is 0.547 e. The summed E-state index contributed by atoms with van der Waals surface area (Å²) in [5.41, 5.74) is 5.83. The van der Waals surface area contributed by atoms with Gasteiger partial charge < -0.3 is 25.8 Å². The Bertz CT molecular complexity index is 696. The molecule has 10 heteroatoms. The smallest absolute Gasteiger partial charge is 0.534 e. The van der Waals surface area contributed by atoms with Crippen LogP contribution in [-0.2, 0) is 11.2 Å². The third-order valence-corrected chi connectivity index (χ3v) is 3.94. The fourth-order valence-electron chi connectivity index (χ4n) is 2.82. The van der Waals surface area contributed by atoms with Gasteiger partial charge >= 0.3 is 19.1 Å². The van der Waals surface area contributed by atoms with E-state index in [-0.39, 0.29) is 24.3 Å². The Balaban J connectivity index is 1.93. The lowest BCUT2D eigenvalue weighted by molar-refractivity contribution is -0.128. The number of hydrogen-bond donors (Lipinski definition) is 4. The van der Waals surface area contributed by atoms with E-state index in [1.54, 1.807) is 6.07 Å². The standard InChI is InChI=1S/C13H14BN3O6/c15-5-8-11(18)17(13(21)16-8)9-4-6-2-1-3-7(12(19)20)10(6)23-14(9)22/h1-3,8-9,22H,4-5,15H2,(H,16,21)(H,19,20)/t8?,9-/m0/s1. The van der Waals surface area contributed by atoms with Crippen LogP contribution in [0.3, 0.4) is 0 Å². The zero-order chi connectivity index (χ0) is 16.7. The molecule has 120 valence electrons. The fourth-order valence-corrected chi connectivity index (χ4v) is 2.82. The largest absolute Gasteiger partial charge is 0.547 e. The van der Waals surface area contributed by atoms with Crippen molar-refractivity contribution in [3.63, 3.8) is 0 Å². The molecule has 1 aromatic rings. The van der Waals surface area contributed by atoms with E-state index in [4.69, 9.17) is 15.5 Å². The van der Waals surface area contributed by atoms with E-state index in [2.05, 4.69) is 5.32 Å². The van der Waals surface area contributed by atoms with Gasteiger partial charge in [-0.2, -0.15) is 0 Å². The van der Waals surface area contributed by atoms with Crippen LogP contribution >= 0.6 is 0 Å². The van der Waals surface area contributed by atoms with E-state index in [0.717, 1.165) is 4.90 Å². The number of fused-ring (bicyclic) bond motifs is 1. The highest BCUT2D eigenvalue weighted by Gasteiger charge is 2.49. The predicted molar refractivity (Wildman–Crippen MR) is 77.7 cm³/mol. The van der Waals surface area contributed by atoms with E-state index in [1.807, 2.05) is 0 Å². The third kappa shape index (κ3) is 2.41. The molecule has 0 aliphatic carbocycles. The highest BCUT2D eigenvalue weighted by Crippen LogP contribution is 2.32. The second kappa shape index (κ2) is 5.56. The third-order valence-electron chi connectivity index (χ3n) is 3.94. The molecular formula is C13H14BN3O6. The number of imide groups is 1. The number of carboxylic acids is 1. The van der Waals surface area contributed by atoms with E-state index in [9.17, 15) is 19.4 Å². The Morgan fingerprint density at radius 1 is 1.48 bits per heavy atom. The number of nitrogens with two attached hydrogens (primary N) is 1. The van der Waals surface area contributed by atoms with Crippen LogP contribution in [0, 0.1) is 0 Å². The number of carbonyl (C=O) groups excluding carboxylic acids is 2. The van der Waals surface area contributed by atoms with Crippen LogP contribution in [0.15, 0.2) is 18.2 Å². The number of nitrogens with one attached hydrogen (secondary N) is 1. The topological polar surface area (TPSA) is 142 Å². The molecule has 0 spiro atoms. The molecule has 1 unspecified atom stereocenters. The maximum absolute atomic E-state index is 12.2. The van der Waals surface area contributed by atoms with Crippen molar-refractivity contribution in [3.05, 3.63) is 29.3 Å². The number of hydrogen-bond acceptors (Lipinski definition) is 6. The number of carbonyl (C=O) groups is 3. The van der Waals surface area contributed by atoms with Crippen molar-refractivity contribution < 1.29 is 29.2 Å². The van der Waals surface area contributed by atoms with Gasteiger partial charge in [0, 0.05) is 6.54 Å². The molecule has 3 rings (SSSR count). The molecule has 0 aromatic heterocycles. The lowest BCUT2D eigenvalue weighted by Gasteiger charge is -2.32. The molecule has 1 fully saturated rings. The summed E-state index contributed by atoms with van der Waals surface area (Å²) in [6.45, 7) is -0.0511. The molecule has 5 N–H and O–H groups in total. The molecular weight excluding hydrogens is 305 g/mol. The van der Waals surface area contributed by atoms with E-state index < -0.39 is 37.0 Å². The summed E-state index contributed by atoms with van der Waals surface area (Å²) in [5.74, 6) is -2.63. The summed E-state index contributed by atoms with van der Waals surface area (Å²) < 4.78 is 5.28. The van der Waals surface area contributed by atoms with Crippen molar-refractivity contribution in [2.75, 3.05) is 6.54 Å². The Hall–Kier alpha value is -2.59. The normalized spacial score (nSPS) is 23.4. The molecule has 1 aromatic carbocycles. The minimum Gasteiger partial charge on any atom is -0.534 e. The molecule has 2 aliphatic rings. The van der Waals surface area contributed by atoms with Crippen LogP contribution in [0.25, 0.3) is 0 Å². The van der Waals surface area contributed by atoms with Crippen LogP contribution in [0.1, 0.15) is 15.9 Å². The number of urea groups is 1. The molecule has 0 bridgehead atoms. The number of amides is 3. The second-order valence-electron chi connectivity index (χ2n) is 5.32. The second-order valence-corrected chi connectivity index (χ2v) is 5.32. The minimum absolute atomic E-state index is 0.0474. The number of nitrogens with zero attached hydrogens (tertiary/aromatic N) is 1. The van der Waals surface area contributed by atoms with Crippen LogP contribution in [0.2, 0.25) is 0 Å². The molecule has 0 saturated carbocycles. The van der Waals surface area contributed by atoms with E-state index in [0.29, 0.717) is 5.56 Å². The van der Waals surface area contributed by atoms with E-state index >= 15 is 0 Å². The van der Waals surface area contributed by atoms with Gasteiger partial charge in [-0.25, -0.2) is 9.59 Å². The first-order valence-electron chi connectivity index (χ1n) is 6.97. The molecule has 3 amide bonds. The quantitative estimate of drug-likeness (QED) is 0.396. The van der Waals surface area contributed by atoms with Crippen LogP contribution in [0.5, 0.6) is 5.75 Å². The first kappa shape index (κ1) is 15.3. The Labute approximate surface area is 131 Å². The molecule has 9 nitrogen and oxygen atoms in total. The Kier molecular flexibility index (Phi) is 3.70. The van der Waals surface area contributed by atoms with Gasteiger partial charge in [-0.05, 0) is 18.1 Å². The van der Waals surface area contributed by atoms with Crippen molar-refractivity contribution in [1.29, 1.82) is 0 Å². The summed E-state index contributed by atoms with van der Waals surface area (Å²) in [5, 5.41) is 21.7. The summed E-state index contributed by atoms with van der Waals surface area (Å²) >= 11 is 0. The zero-order valence-corrected chi connectivity index (χ0v) is 11.9. The molecule has 23 heavy (non-hydrogen) atoms. The van der Waals surface area contributed by atoms with Crippen LogP contribution in [0.4, 0.5) is 4.79 Å². The molecule has 2 atom stereocenters. The van der Waals surface area contributed by atoms with Crippen molar-refractivity contribution in [3.8, 4) is 5.75 Å². The molecule has 1 saturated heterocycles. The average molecular weight is 319 g/mol. The summed E-state index contributed by atoms with van der Waals surface area (Å²) in [7, 11) is -1.52. The van der Waals surface area contributed by atoms with E-state index in [1.165, 1.54) is 12.1 Å². The van der Waals surface area contributed by atoms with Crippen LogP contribution in [-0.4, -0.2) is 58.6 Å². The Morgan fingerprint density at radius 2 is 2.22 bits per heavy atom. The van der Waals surface area contributed by atoms with Gasteiger partial charge in [-0.3, -0.25) is 9.69 Å². The number of carboxylic acid groups (broad SMARTS) is 1. The van der Waals surface area contributed by atoms with Gasteiger partial charge in [0.1, 0.15) is 11.8 Å². The van der Waals surface area contributed by atoms with Crippen molar-refractivity contribution >= 4 is 25.0 Å². The monoisotopic (exact) mass is 319 g/mol. The summed E-state index contributed by atoms with van der Waals surface area (Å²) in [4.78, 5) is 36.2. The van der Waals surface area contributed by atoms with Gasteiger partial charge in [0.05, 0.1) is 11.5 Å². The van der Waals surface area contributed by atoms with Gasteiger partial charge in [-0.15, -0.1) is 0 Å². The molecule has 2 aliphatic heterocycles. The first-order chi connectivity index (χ1) is 10.9. The van der Waals surface area contributed by atoms with Gasteiger partial charge in [0.2, 0.25) is 0 Å². The molecule has 0 radical (unpaired) electrons. The number of aromatic carboxylic acids is 1. The lowest BCUT2D eigenvalue weighted by Crippen LogP contribution is -2.56. The SMILES string of the molecule is NCC1NC(=O)N([C@H]2Cc3cccc(C(=O)O)c3OB2O)C1=O. The van der Waals surface area contributed by atoms with Gasteiger partial charge in [0.15, 0.2) is 0 Å². The maximum atomic E-state index is 12.2. The summed E-state index contributed by atoms with van der Waals surface area (Å²) in [6, 6.07) is 3.03. The zero-order valence-electron chi connectivity index (χ0n) is 11.9. The van der Waals surface area contributed by atoms with Gasteiger partial charge in [0.25, 0.3) is 5.91 Å². The average Bonchev–Trinajstić information content (AvgIpc) is 2.80. The highest BCUT2D eigenvalue weighted by molar-refractivity contribution is 6.47. The number of benzene rings is 1. The Morgan fingerprint density at radius 3 is 2.83 bits per heavy atom. The molecule has 2 heterocycles. The number of para-hydroxylation sites is 1. The minimum atomic E-state index is -1.52. The lowest BCUT2D eigenvalue weighted by atomic mass is 9.71. The van der Waals surface area contributed by atoms with Crippen LogP contribution < -0.4 is 15.7 Å². The predicted octanol–water partition coefficient (Wildman–Crippen LogP) is -1.41.